The molecule has 0 aliphatic rings. The van der Waals surface area contributed by atoms with E-state index in [0.29, 0.717) is 5.19 Å². The van der Waals surface area contributed by atoms with Crippen LogP contribution >= 0.6 is 11.3 Å². The van der Waals surface area contributed by atoms with Gasteiger partial charge in [-0.3, -0.25) is 0 Å². The summed E-state index contributed by atoms with van der Waals surface area (Å²) in [4.78, 5) is 0. The summed E-state index contributed by atoms with van der Waals surface area (Å²) in [6.07, 6.45) is 0. The zero-order chi connectivity index (χ0) is 10.8. The molecule has 0 fully saturated rings. The van der Waals surface area contributed by atoms with Crippen LogP contribution in [0, 0.1) is 13.8 Å². The number of aryl methyl sites for hydroxylation is 2. The van der Waals surface area contributed by atoms with Gasteiger partial charge in [-0.1, -0.05) is 16.4 Å². The maximum absolute atomic E-state index is 5.71. The maximum Gasteiger partial charge on any atom is 0.299 e. The fourth-order valence-electron chi connectivity index (χ4n) is 1.13. The molecule has 0 bridgehead atoms. The van der Waals surface area contributed by atoms with Gasteiger partial charge in [0.2, 0.25) is 0 Å². The maximum atomic E-state index is 5.71. The molecule has 1 aromatic carbocycles. The van der Waals surface area contributed by atoms with Crippen molar-refractivity contribution in [2.75, 3.05) is 5.73 Å². The first-order valence-corrected chi connectivity index (χ1v) is 5.31. The molecule has 0 atom stereocenters. The number of hydrogen-bond acceptors (Lipinski definition) is 5. The van der Waals surface area contributed by atoms with E-state index in [1.807, 2.05) is 32.0 Å². The minimum absolute atomic E-state index is 0.552. The van der Waals surface area contributed by atoms with E-state index in [-0.39, 0.29) is 0 Å². The molecule has 5 heteroatoms. The number of aromatic nitrogens is 2. The fourth-order valence-corrected chi connectivity index (χ4v) is 1.69. The zero-order valence-corrected chi connectivity index (χ0v) is 9.34. The minimum Gasteiger partial charge on any atom is -0.430 e. The molecule has 0 aliphatic carbocycles. The van der Waals surface area contributed by atoms with E-state index in [1.54, 1.807) is 0 Å². The Morgan fingerprint density at radius 2 is 2.07 bits per heavy atom. The van der Waals surface area contributed by atoms with Crippen molar-refractivity contribution in [3.8, 4) is 10.9 Å². The van der Waals surface area contributed by atoms with Crippen molar-refractivity contribution in [2.45, 2.75) is 13.8 Å². The van der Waals surface area contributed by atoms with Gasteiger partial charge in [0.15, 0.2) is 0 Å². The Kier molecular flexibility index (Phi) is 2.55. The van der Waals surface area contributed by atoms with Crippen molar-refractivity contribution < 1.29 is 4.74 Å². The highest BCUT2D eigenvalue weighted by molar-refractivity contribution is 7.13. The van der Waals surface area contributed by atoms with Crippen LogP contribution in [0.3, 0.4) is 0 Å². The molecule has 0 spiro atoms. The Balaban J connectivity index is 2.21. The summed E-state index contributed by atoms with van der Waals surface area (Å²) in [6, 6.07) is 5.52. The number of ether oxygens (including phenoxy) is 1. The van der Waals surface area contributed by atoms with Gasteiger partial charge in [0.05, 0.1) is 0 Å². The number of nitrogens with zero attached hydrogens (tertiary/aromatic N) is 2. The summed E-state index contributed by atoms with van der Waals surface area (Å²) in [5, 5.41) is 9.19. The molecule has 0 aliphatic heterocycles. The van der Waals surface area contributed by atoms with Crippen molar-refractivity contribution in [3.05, 3.63) is 28.8 Å². The average molecular weight is 221 g/mol. The van der Waals surface area contributed by atoms with E-state index in [9.17, 15) is 0 Å². The highest BCUT2D eigenvalue weighted by atomic mass is 32.1. The Hall–Kier alpha value is -1.62. The molecule has 2 aromatic rings. The Morgan fingerprint density at radius 3 is 2.67 bits per heavy atom. The summed E-state index contributed by atoms with van der Waals surface area (Å²) in [7, 11) is 0. The summed E-state index contributed by atoms with van der Waals surface area (Å²) < 4.78 is 5.52. The van der Waals surface area contributed by atoms with E-state index in [4.69, 9.17) is 10.5 Å². The minimum atomic E-state index is 0.552. The third kappa shape index (κ3) is 2.24. The Bertz CT molecular complexity index is 481. The molecule has 0 saturated heterocycles. The Morgan fingerprint density at radius 1 is 1.27 bits per heavy atom. The van der Waals surface area contributed by atoms with Gasteiger partial charge in [-0.15, -0.1) is 5.10 Å². The zero-order valence-electron chi connectivity index (χ0n) is 8.52. The highest BCUT2D eigenvalue weighted by Crippen LogP contribution is 2.26. The molecule has 0 amide bonds. The monoisotopic (exact) mass is 221 g/mol. The number of nitrogen functional groups attached to an aromatic ring is 1. The van der Waals surface area contributed by atoms with Crippen LogP contribution in [0.4, 0.5) is 5.69 Å². The van der Waals surface area contributed by atoms with Crippen LogP contribution in [0.2, 0.25) is 0 Å². The van der Waals surface area contributed by atoms with E-state index in [1.165, 1.54) is 11.3 Å². The van der Waals surface area contributed by atoms with Crippen LogP contribution in [0.5, 0.6) is 10.9 Å². The van der Waals surface area contributed by atoms with E-state index >= 15 is 0 Å². The molecule has 2 N–H and O–H groups in total. The summed E-state index contributed by atoms with van der Waals surface area (Å²) >= 11 is 1.42. The second kappa shape index (κ2) is 3.86. The molecule has 1 heterocycles. The Labute approximate surface area is 91.7 Å². The number of benzene rings is 1. The number of nitrogens with two attached hydrogens (primary N) is 1. The van der Waals surface area contributed by atoms with Crippen LogP contribution in [0.25, 0.3) is 0 Å². The number of rotatable bonds is 2. The summed E-state index contributed by atoms with van der Waals surface area (Å²) in [5.41, 5.74) is 7.46. The van der Waals surface area contributed by atoms with Gasteiger partial charge in [0.25, 0.3) is 5.19 Å². The lowest BCUT2D eigenvalue weighted by Gasteiger charge is -2.03. The van der Waals surface area contributed by atoms with Crippen LogP contribution < -0.4 is 10.5 Å². The van der Waals surface area contributed by atoms with Crippen molar-refractivity contribution in [2.24, 2.45) is 0 Å². The van der Waals surface area contributed by atoms with Crippen molar-refractivity contribution in [1.29, 1.82) is 0 Å². The number of anilines is 1. The first-order chi connectivity index (χ1) is 7.15. The van der Waals surface area contributed by atoms with Gasteiger partial charge < -0.3 is 10.5 Å². The van der Waals surface area contributed by atoms with Crippen molar-refractivity contribution >= 4 is 17.0 Å². The molecular weight excluding hydrogens is 210 g/mol. The van der Waals surface area contributed by atoms with Crippen LogP contribution in [0.15, 0.2) is 18.2 Å². The van der Waals surface area contributed by atoms with Gasteiger partial charge in [0.1, 0.15) is 10.8 Å². The second-order valence-electron chi connectivity index (χ2n) is 3.21. The molecule has 78 valence electrons. The predicted octanol–water partition coefficient (Wildman–Crippen LogP) is 2.53. The smallest absolute Gasteiger partial charge is 0.299 e. The summed E-state index contributed by atoms with van der Waals surface area (Å²) in [6.45, 7) is 3.83. The van der Waals surface area contributed by atoms with Gasteiger partial charge in [-0.25, -0.2) is 0 Å². The largest absolute Gasteiger partial charge is 0.430 e. The van der Waals surface area contributed by atoms with Crippen molar-refractivity contribution in [1.82, 2.24) is 10.2 Å². The van der Waals surface area contributed by atoms with E-state index in [0.717, 1.165) is 22.0 Å². The lowest BCUT2D eigenvalue weighted by Crippen LogP contribution is -1.90. The van der Waals surface area contributed by atoms with Crippen LogP contribution in [0.1, 0.15) is 10.6 Å². The average Bonchev–Trinajstić information content (AvgIpc) is 2.58. The van der Waals surface area contributed by atoms with E-state index in [2.05, 4.69) is 10.2 Å². The second-order valence-corrected chi connectivity index (χ2v) is 4.35. The normalized spacial score (nSPS) is 10.3. The molecular formula is C10H11N3OS. The molecule has 2 rings (SSSR count). The lowest BCUT2D eigenvalue weighted by atomic mass is 10.2. The first-order valence-electron chi connectivity index (χ1n) is 4.49. The quantitative estimate of drug-likeness (QED) is 0.791. The van der Waals surface area contributed by atoms with Gasteiger partial charge in [0, 0.05) is 5.69 Å². The third-order valence-corrected chi connectivity index (χ3v) is 2.67. The van der Waals surface area contributed by atoms with Gasteiger partial charge in [-0.05, 0) is 37.6 Å². The molecule has 0 saturated carbocycles. The van der Waals surface area contributed by atoms with E-state index < -0.39 is 0 Å². The molecule has 1 aromatic heterocycles. The standard InChI is InChI=1S/C10H11N3OS/c1-6-5-8(3-4-9(6)11)14-10-13-12-7(2)15-10/h3-5H,11H2,1-2H3. The molecule has 0 unspecified atom stereocenters. The SMILES string of the molecule is Cc1nnc(Oc2ccc(N)c(C)c2)s1. The van der Waals surface area contributed by atoms with Crippen LogP contribution in [-0.4, -0.2) is 10.2 Å². The van der Waals surface area contributed by atoms with Gasteiger partial charge >= 0.3 is 0 Å². The third-order valence-electron chi connectivity index (χ3n) is 1.95. The predicted molar refractivity (Wildman–Crippen MR) is 60.3 cm³/mol. The summed E-state index contributed by atoms with van der Waals surface area (Å²) in [5.74, 6) is 0.734. The molecule has 4 nitrogen and oxygen atoms in total. The highest BCUT2D eigenvalue weighted by Gasteiger charge is 2.03. The topological polar surface area (TPSA) is 61.0 Å². The van der Waals surface area contributed by atoms with Gasteiger partial charge in [-0.2, -0.15) is 0 Å². The molecule has 0 radical (unpaired) electrons. The van der Waals surface area contributed by atoms with Crippen molar-refractivity contribution in [3.63, 3.8) is 0 Å². The van der Waals surface area contributed by atoms with Crippen LogP contribution in [-0.2, 0) is 0 Å². The first kappa shape index (κ1) is 9.92. The molecule has 15 heavy (non-hydrogen) atoms. The fraction of sp³-hybridized carbons (Fsp3) is 0.200. The lowest BCUT2D eigenvalue weighted by molar-refractivity contribution is 0.473. The number of hydrogen-bond donors (Lipinski definition) is 1.